The van der Waals surface area contributed by atoms with Crippen LogP contribution in [0.2, 0.25) is 0 Å². The molecule has 1 fully saturated rings. The third-order valence-electron chi connectivity index (χ3n) is 3.64. The third-order valence-corrected chi connectivity index (χ3v) is 3.64. The van der Waals surface area contributed by atoms with E-state index in [1.807, 2.05) is 13.1 Å². The molecule has 1 saturated heterocycles. The van der Waals surface area contributed by atoms with Gasteiger partial charge in [-0.2, -0.15) is 4.98 Å². The zero-order valence-electron chi connectivity index (χ0n) is 11.3. The predicted octanol–water partition coefficient (Wildman–Crippen LogP) is 0.601. The molecule has 100 valence electrons. The average Bonchev–Trinajstić information content (AvgIpc) is 2.39. The Labute approximate surface area is 108 Å². The van der Waals surface area contributed by atoms with Crippen LogP contribution in [-0.2, 0) is 0 Å². The molecule has 0 atom stereocenters. The molecule has 2 heterocycles. The first-order valence-corrected chi connectivity index (χ1v) is 6.33. The van der Waals surface area contributed by atoms with Gasteiger partial charge < -0.3 is 9.80 Å². The predicted molar refractivity (Wildman–Crippen MR) is 73.5 cm³/mol. The molecule has 0 aliphatic carbocycles. The fraction of sp³-hybridized carbons (Fsp3) is 0.667. The highest BCUT2D eigenvalue weighted by Gasteiger charge is 2.22. The van der Waals surface area contributed by atoms with Crippen molar-refractivity contribution in [3.8, 4) is 0 Å². The highest BCUT2D eigenvalue weighted by atomic mass is 15.3. The Morgan fingerprint density at radius 3 is 2.72 bits per heavy atom. The summed E-state index contributed by atoms with van der Waals surface area (Å²) in [5, 5.41) is 0. The molecular weight excluding hydrogens is 228 g/mol. The number of rotatable bonds is 3. The lowest BCUT2D eigenvalue weighted by molar-refractivity contribution is 0.252. The van der Waals surface area contributed by atoms with Crippen LogP contribution in [0.1, 0.15) is 18.4 Å². The Kier molecular flexibility index (Phi) is 3.98. The summed E-state index contributed by atoms with van der Waals surface area (Å²) in [6.45, 7) is 4.31. The monoisotopic (exact) mass is 250 g/mol. The second-order valence-electron chi connectivity index (χ2n) is 4.99. The van der Waals surface area contributed by atoms with E-state index in [2.05, 4.69) is 39.3 Å². The van der Waals surface area contributed by atoms with Gasteiger partial charge in [0.05, 0.1) is 0 Å². The van der Waals surface area contributed by atoms with Gasteiger partial charge in [0.1, 0.15) is 5.82 Å². The van der Waals surface area contributed by atoms with Crippen LogP contribution >= 0.6 is 0 Å². The molecule has 6 nitrogen and oxygen atoms in total. The van der Waals surface area contributed by atoms with E-state index in [1.165, 1.54) is 12.8 Å². The number of hydrogen-bond donors (Lipinski definition) is 2. The number of aromatic nitrogens is 2. The largest absolute Gasteiger partial charge is 0.356 e. The van der Waals surface area contributed by atoms with E-state index in [-0.39, 0.29) is 0 Å². The van der Waals surface area contributed by atoms with Crippen molar-refractivity contribution >= 4 is 11.8 Å². The SMILES string of the molecule is Cc1cnc(NN)nc1N(C)C1CCN(C)CC1. The van der Waals surface area contributed by atoms with Gasteiger partial charge in [-0.3, -0.25) is 5.43 Å². The Morgan fingerprint density at radius 2 is 2.11 bits per heavy atom. The number of hydrogen-bond acceptors (Lipinski definition) is 6. The lowest BCUT2D eigenvalue weighted by Gasteiger charge is -2.36. The van der Waals surface area contributed by atoms with Crippen LogP contribution in [-0.4, -0.2) is 48.1 Å². The summed E-state index contributed by atoms with van der Waals surface area (Å²) in [5.41, 5.74) is 3.58. The fourth-order valence-electron chi connectivity index (χ4n) is 2.41. The van der Waals surface area contributed by atoms with E-state index in [0.29, 0.717) is 12.0 Å². The maximum absolute atomic E-state index is 5.37. The van der Waals surface area contributed by atoms with E-state index in [4.69, 9.17) is 5.84 Å². The summed E-state index contributed by atoms with van der Waals surface area (Å²) < 4.78 is 0. The minimum atomic E-state index is 0.468. The summed E-state index contributed by atoms with van der Waals surface area (Å²) in [5.74, 6) is 6.80. The minimum Gasteiger partial charge on any atom is -0.356 e. The van der Waals surface area contributed by atoms with Crippen molar-refractivity contribution < 1.29 is 0 Å². The number of piperidine rings is 1. The molecule has 1 aromatic heterocycles. The summed E-state index contributed by atoms with van der Waals surface area (Å²) in [6.07, 6.45) is 4.15. The smallest absolute Gasteiger partial charge is 0.239 e. The number of nitrogen functional groups attached to an aromatic ring is 1. The lowest BCUT2D eigenvalue weighted by Crippen LogP contribution is -2.42. The summed E-state index contributed by atoms with van der Waals surface area (Å²) in [6, 6.07) is 0.542. The second-order valence-corrected chi connectivity index (χ2v) is 4.99. The Morgan fingerprint density at radius 1 is 1.44 bits per heavy atom. The van der Waals surface area contributed by atoms with Crippen LogP contribution < -0.4 is 16.2 Å². The van der Waals surface area contributed by atoms with Crippen LogP contribution in [0.25, 0.3) is 0 Å². The van der Waals surface area contributed by atoms with Crippen LogP contribution in [0.15, 0.2) is 6.20 Å². The zero-order valence-corrected chi connectivity index (χ0v) is 11.3. The molecule has 1 aromatic rings. The number of nitrogens with zero attached hydrogens (tertiary/aromatic N) is 4. The van der Waals surface area contributed by atoms with Crippen LogP contribution in [0.5, 0.6) is 0 Å². The number of likely N-dealkylation sites (tertiary alicyclic amines) is 1. The number of hydrazine groups is 1. The molecule has 1 aliphatic heterocycles. The highest BCUT2D eigenvalue weighted by Crippen LogP contribution is 2.23. The normalized spacial score (nSPS) is 17.8. The first kappa shape index (κ1) is 13.0. The number of aryl methyl sites for hydroxylation is 1. The average molecular weight is 250 g/mol. The first-order valence-electron chi connectivity index (χ1n) is 6.33. The van der Waals surface area contributed by atoms with Gasteiger partial charge in [0.25, 0.3) is 0 Å². The van der Waals surface area contributed by atoms with Gasteiger partial charge in [0, 0.05) is 24.8 Å². The molecule has 0 aromatic carbocycles. The van der Waals surface area contributed by atoms with Crippen molar-refractivity contribution in [1.82, 2.24) is 14.9 Å². The third kappa shape index (κ3) is 2.70. The second kappa shape index (κ2) is 5.49. The van der Waals surface area contributed by atoms with E-state index >= 15 is 0 Å². The summed E-state index contributed by atoms with van der Waals surface area (Å²) >= 11 is 0. The van der Waals surface area contributed by atoms with Crippen LogP contribution in [0.4, 0.5) is 11.8 Å². The zero-order chi connectivity index (χ0) is 13.1. The Balaban J connectivity index is 2.14. The molecule has 3 N–H and O–H groups in total. The number of nitrogens with one attached hydrogen (secondary N) is 1. The van der Waals surface area contributed by atoms with Gasteiger partial charge in [-0.05, 0) is 39.9 Å². The molecule has 0 bridgehead atoms. The quantitative estimate of drug-likeness (QED) is 0.605. The van der Waals surface area contributed by atoms with E-state index in [9.17, 15) is 0 Å². The van der Waals surface area contributed by atoms with E-state index in [0.717, 1.165) is 24.5 Å². The fourth-order valence-corrected chi connectivity index (χ4v) is 2.41. The molecule has 0 amide bonds. The molecule has 0 radical (unpaired) electrons. The van der Waals surface area contributed by atoms with Crippen LogP contribution in [0, 0.1) is 6.92 Å². The van der Waals surface area contributed by atoms with E-state index < -0.39 is 0 Å². The summed E-state index contributed by atoms with van der Waals surface area (Å²) in [7, 11) is 4.27. The molecule has 0 saturated carbocycles. The van der Waals surface area contributed by atoms with Crippen molar-refractivity contribution in [3.63, 3.8) is 0 Å². The molecule has 6 heteroatoms. The Hall–Kier alpha value is -1.40. The molecule has 2 rings (SSSR count). The van der Waals surface area contributed by atoms with Gasteiger partial charge in [0.2, 0.25) is 5.95 Å². The molecule has 1 aliphatic rings. The van der Waals surface area contributed by atoms with Crippen molar-refractivity contribution in [2.75, 3.05) is 37.5 Å². The van der Waals surface area contributed by atoms with Crippen molar-refractivity contribution in [2.24, 2.45) is 5.84 Å². The van der Waals surface area contributed by atoms with Gasteiger partial charge in [-0.1, -0.05) is 0 Å². The maximum Gasteiger partial charge on any atom is 0.239 e. The van der Waals surface area contributed by atoms with Crippen molar-refractivity contribution in [1.29, 1.82) is 0 Å². The molecule has 0 unspecified atom stereocenters. The molecule has 0 spiro atoms. The summed E-state index contributed by atoms with van der Waals surface area (Å²) in [4.78, 5) is 13.2. The van der Waals surface area contributed by atoms with Crippen molar-refractivity contribution in [3.05, 3.63) is 11.8 Å². The first-order chi connectivity index (χ1) is 8.61. The van der Waals surface area contributed by atoms with E-state index in [1.54, 1.807) is 0 Å². The molecule has 18 heavy (non-hydrogen) atoms. The van der Waals surface area contributed by atoms with Gasteiger partial charge in [-0.25, -0.2) is 10.8 Å². The van der Waals surface area contributed by atoms with Crippen molar-refractivity contribution in [2.45, 2.75) is 25.8 Å². The Bertz CT molecular complexity index is 400. The standard InChI is InChI=1S/C12H22N6/c1-9-8-14-12(16-13)15-11(9)18(3)10-4-6-17(2)7-5-10/h8,10H,4-7,13H2,1-3H3,(H,14,15,16). The van der Waals surface area contributed by atoms with Gasteiger partial charge in [-0.15, -0.1) is 0 Å². The van der Waals surface area contributed by atoms with Gasteiger partial charge >= 0.3 is 0 Å². The molecular formula is C12H22N6. The topological polar surface area (TPSA) is 70.3 Å². The number of anilines is 2. The number of nitrogens with two attached hydrogens (primary N) is 1. The maximum atomic E-state index is 5.37. The van der Waals surface area contributed by atoms with Crippen LogP contribution in [0.3, 0.4) is 0 Å². The lowest BCUT2D eigenvalue weighted by atomic mass is 10.0. The van der Waals surface area contributed by atoms with Gasteiger partial charge in [0.15, 0.2) is 0 Å². The highest BCUT2D eigenvalue weighted by molar-refractivity contribution is 5.48. The minimum absolute atomic E-state index is 0.468.